The summed E-state index contributed by atoms with van der Waals surface area (Å²) < 4.78 is 13.4. The lowest BCUT2D eigenvalue weighted by atomic mass is 10.0. The number of benzene rings is 1. The van der Waals surface area contributed by atoms with Crippen molar-refractivity contribution in [1.82, 2.24) is 4.90 Å². The SMILES string of the molecule is Cc1ccc(CN2CCC(N)CC2)cc1F.Cl. The molecule has 0 aliphatic carbocycles. The van der Waals surface area contributed by atoms with Crippen molar-refractivity contribution in [3.05, 3.63) is 35.1 Å². The quantitative estimate of drug-likeness (QED) is 0.883. The van der Waals surface area contributed by atoms with E-state index in [0.29, 0.717) is 11.6 Å². The highest BCUT2D eigenvalue weighted by atomic mass is 35.5. The number of hydrogen-bond donors (Lipinski definition) is 1. The minimum Gasteiger partial charge on any atom is -0.328 e. The lowest BCUT2D eigenvalue weighted by molar-refractivity contribution is 0.205. The van der Waals surface area contributed by atoms with E-state index in [0.717, 1.165) is 38.0 Å². The third-order valence-corrected chi connectivity index (χ3v) is 3.27. The number of aryl methyl sites for hydroxylation is 1. The van der Waals surface area contributed by atoms with Crippen LogP contribution in [0.15, 0.2) is 18.2 Å². The molecule has 1 aromatic rings. The van der Waals surface area contributed by atoms with Crippen LogP contribution in [-0.2, 0) is 6.54 Å². The van der Waals surface area contributed by atoms with Crippen LogP contribution in [0.1, 0.15) is 24.0 Å². The molecule has 0 radical (unpaired) electrons. The van der Waals surface area contributed by atoms with E-state index in [1.807, 2.05) is 12.1 Å². The van der Waals surface area contributed by atoms with Crippen molar-refractivity contribution in [3.63, 3.8) is 0 Å². The highest BCUT2D eigenvalue weighted by Gasteiger charge is 2.16. The highest BCUT2D eigenvalue weighted by molar-refractivity contribution is 5.85. The number of likely N-dealkylation sites (tertiary alicyclic amines) is 1. The van der Waals surface area contributed by atoms with E-state index in [4.69, 9.17) is 5.73 Å². The van der Waals surface area contributed by atoms with Gasteiger partial charge in [0.25, 0.3) is 0 Å². The van der Waals surface area contributed by atoms with Crippen molar-refractivity contribution >= 4 is 12.4 Å². The number of nitrogens with two attached hydrogens (primary N) is 1. The molecule has 0 atom stereocenters. The molecule has 0 amide bonds. The summed E-state index contributed by atoms with van der Waals surface area (Å²) >= 11 is 0. The maximum absolute atomic E-state index is 13.4. The second-order valence-electron chi connectivity index (χ2n) is 4.70. The Morgan fingerprint density at radius 3 is 2.59 bits per heavy atom. The first-order chi connectivity index (χ1) is 7.65. The predicted octanol–water partition coefficient (Wildman–Crippen LogP) is 2.48. The van der Waals surface area contributed by atoms with Crippen LogP contribution in [0.25, 0.3) is 0 Å². The van der Waals surface area contributed by atoms with Crippen LogP contribution >= 0.6 is 12.4 Å². The van der Waals surface area contributed by atoms with Crippen LogP contribution in [0.5, 0.6) is 0 Å². The summed E-state index contributed by atoms with van der Waals surface area (Å²) in [6, 6.07) is 5.85. The van der Waals surface area contributed by atoms with Gasteiger partial charge in [-0.25, -0.2) is 4.39 Å². The summed E-state index contributed by atoms with van der Waals surface area (Å²) in [5.41, 5.74) is 7.61. The third kappa shape index (κ3) is 3.95. The van der Waals surface area contributed by atoms with E-state index >= 15 is 0 Å². The number of halogens is 2. The molecule has 1 saturated heterocycles. The number of nitrogens with zero attached hydrogens (tertiary/aromatic N) is 1. The van der Waals surface area contributed by atoms with Gasteiger partial charge in [-0.1, -0.05) is 12.1 Å². The third-order valence-electron chi connectivity index (χ3n) is 3.27. The van der Waals surface area contributed by atoms with Gasteiger partial charge in [0.15, 0.2) is 0 Å². The van der Waals surface area contributed by atoms with Gasteiger partial charge in [-0.2, -0.15) is 0 Å². The number of piperidine rings is 1. The lowest BCUT2D eigenvalue weighted by Gasteiger charge is -2.30. The summed E-state index contributed by atoms with van der Waals surface area (Å²) in [7, 11) is 0. The fourth-order valence-corrected chi connectivity index (χ4v) is 2.10. The second kappa shape index (κ2) is 6.34. The van der Waals surface area contributed by atoms with E-state index in [1.54, 1.807) is 13.0 Å². The van der Waals surface area contributed by atoms with Crippen LogP contribution in [0.3, 0.4) is 0 Å². The Bertz CT molecular complexity index is 362. The Labute approximate surface area is 108 Å². The average Bonchev–Trinajstić information content (AvgIpc) is 2.27. The Hall–Kier alpha value is -0.640. The minimum absolute atomic E-state index is 0. The molecule has 0 unspecified atom stereocenters. The molecule has 0 saturated carbocycles. The van der Waals surface area contributed by atoms with Crippen LogP contribution < -0.4 is 5.73 Å². The molecule has 0 spiro atoms. The zero-order valence-electron chi connectivity index (χ0n) is 10.2. The van der Waals surface area contributed by atoms with Gasteiger partial charge in [-0.15, -0.1) is 12.4 Å². The molecule has 1 aliphatic rings. The fourth-order valence-electron chi connectivity index (χ4n) is 2.10. The molecule has 1 heterocycles. The normalized spacial score (nSPS) is 17.8. The van der Waals surface area contributed by atoms with Crippen molar-refractivity contribution in [1.29, 1.82) is 0 Å². The summed E-state index contributed by atoms with van der Waals surface area (Å²) in [5, 5.41) is 0. The van der Waals surface area contributed by atoms with Gasteiger partial charge >= 0.3 is 0 Å². The molecular weight excluding hydrogens is 239 g/mol. The molecule has 2 nitrogen and oxygen atoms in total. The van der Waals surface area contributed by atoms with E-state index < -0.39 is 0 Å². The van der Waals surface area contributed by atoms with Gasteiger partial charge < -0.3 is 5.73 Å². The predicted molar refractivity (Wildman–Crippen MR) is 70.9 cm³/mol. The van der Waals surface area contributed by atoms with E-state index in [1.165, 1.54) is 0 Å². The molecular formula is C13H20ClFN2. The largest absolute Gasteiger partial charge is 0.328 e. The Balaban J connectivity index is 0.00000144. The van der Waals surface area contributed by atoms with Crippen LogP contribution in [-0.4, -0.2) is 24.0 Å². The Morgan fingerprint density at radius 1 is 1.35 bits per heavy atom. The molecule has 4 heteroatoms. The van der Waals surface area contributed by atoms with Crippen LogP contribution in [0.2, 0.25) is 0 Å². The van der Waals surface area contributed by atoms with Crippen molar-refractivity contribution < 1.29 is 4.39 Å². The van der Waals surface area contributed by atoms with E-state index in [-0.39, 0.29) is 18.2 Å². The first-order valence-electron chi connectivity index (χ1n) is 5.88. The van der Waals surface area contributed by atoms with Gasteiger partial charge in [-0.3, -0.25) is 4.90 Å². The first-order valence-corrected chi connectivity index (χ1v) is 5.88. The Kier molecular flexibility index (Phi) is 5.37. The van der Waals surface area contributed by atoms with Gasteiger partial charge in [-0.05, 0) is 50.0 Å². The molecule has 0 bridgehead atoms. The summed E-state index contributed by atoms with van der Waals surface area (Å²) in [4.78, 5) is 2.34. The summed E-state index contributed by atoms with van der Waals surface area (Å²) in [6.45, 7) is 4.68. The van der Waals surface area contributed by atoms with Crippen molar-refractivity contribution in [2.24, 2.45) is 5.73 Å². The number of rotatable bonds is 2. The molecule has 1 aromatic carbocycles. The standard InChI is InChI=1S/C13H19FN2.ClH/c1-10-2-3-11(8-13(10)14)9-16-6-4-12(15)5-7-16;/h2-3,8,12H,4-7,9,15H2,1H3;1H. The second-order valence-corrected chi connectivity index (χ2v) is 4.70. The Morgan fingerprint density at radius 2 is 2.00 bits per heavy atom. The summed E-state index contributed by atoms with van der Waals surface area (Å²) in [5.74, 6) is -0.105. The summed E-state index contributed by atoms with van der Waals surface area (Å²) in [6.07, 6.45) is 2.10. The van der Waals surface area contributed by atoms with Gasteiger partial charge in [0, 0.05) is 12.6 Å². The van der Waals surface area contributed by atoms with Crippen molar-refractivity contribution in [3.8, 4) is 0 Å². The van der Waals surface area contributed by atoms with E-state index in [2.05, 4.69) is 4.90 Å². The van der Waals surface area contributed by atoms with Crippen LogP contribution in [0.4, 0.5) is 4.39 Å². The molecule has 1 aliphatic heterocycles. The smallest absolute Gasteiger partial charge is 0.126 e. The average molecular weight is 259 g/mol. The zero-order valence-corrected chi connectivity index (χ0v) is 11.0. The van der Waals surface area contributed by atoms with Crippen molar-refractivity contribution in [2.45, 2.75) is 32.4 Å². The molecule has 0 aromatic heterocycles. The highest BCUT2D eigenvalue weighted by Crippen LogP contribution is 2.15. The molecule has 17 heavy (non-hydrogen) atoms. The maximum atomic E-state index is 13.4. The fraction of sp³-hybridized carbons (Fsp3) is 0.538. The molecule has 1 fully saturated rings. The van der Waals surface area contributed by atoms with Gasteiger partial charge in [0.05, 0.1) is 0 Å². The van der Waals surface area contributed by atoms with Gasteiger partial charge in [0.2, 0.25) is 0 Å². The topological polar surface area (TPSA) is 29.3 Å². The number of hydrogen-bond acceptors (Lipinski definition) is 2. The molecule has 2 N–H and O–H groups in total. The first kappa shape index (κ1) is 14.4. The monoisotopic (exact) mass is 258 g/mol. The maximum Gasteiger partial charge on any atom is 0.126 e. The van der Waals surface area contributed by atoms with Gasteiger partial charge in [0.1, 0.15) is 5.82 Å². The minimum atomic E-state index is -0.105. The lowest BCUT2D eigenvalue weighted by Crippen LogP contribution is -2.39. The zero-order chi connectivity index (χ0) is 11.5. The van der Waals surface area contributed by atoms with Crippen molar-refractivity contribution in [2.75, 3.05) is 13.1 Å². The van der Waals surface area contributed by atoms with Crippen LogP contribution in [0, 0.1) is 12.7 Å². The molecule has 96 valence electrons. The van der Waals surface area contributed by atoms with E-state index in [9.17, 15) is 4.39 Å². The molecule has 2 rings (SSSR count).